The molecule has 4 aromatic rings. The van der Waals surface area contributed by atoms with E-state index in [0.717, 1.165) is 33.3 Å². The fourth-order valence-corrected chi connectivity index (χ4v) is 2.94. The molecular formula is C20H16FN5. The first-order chi connectivity index (χ1) is 12.8. The van der Waals surface area contributed by atoms with E-state index in [1.807, 2.05) is 24.3 Å². The smallest absolute Gasteiger partial charge is 0.245 e. The summed E-state index contributed by atoms with van der Waals surface area (Å²) in [5.41, 5.74) is 3.77. The van der Waals surface area contributed by atoms with E-state index in [2.05, 4.69) is 56.1 Å². The van der Waals surface area contributed by atoms with Crippen molar-refractivity contribution in [2.24, 2.45) is 5.10 Å². The third-order valence-corrected chi connectivity index (χ3v) is 4.15. The molecule has 0 atom stereocenters. The number of anilines is 2. The Bertz CT molecular complexity index is 1070. The molecule has 1 aromatic heterocycles. The lowest BCUT2D eigenvalue weighted by molar-refractivity contribution is 0.619. The van der Waals surface area contributed by atoms with E-state index >= 15 is 0 Å². The van der Waals surface area contributed by atoms with Crippen molar-refractivity contribution in [3.63, 3.8) is 0 Å². The average Bonchev–Trinajstić information content (AvgIpc) is 2.68. The van der Waals surface area contributed by atoms with E-state index in [1.54, 1.807) is 13.3 Å². The van der Waals surface area contributed by atoms with Crippen molar-refractivity contribution in [1.82, 2.24) is 9.97 Å². The normalized spacial score (nSPS) is 11.3. The minimum absolute atomic E-state index is 0.119. The second-order valence-corrected chi connectivity index (χ2v) is 5.74. The molecule has 1 heterocycles. The van der Waals surface area contributed by atoms with Crippen molar-refractivity contribution in [1.29, 1.82) is 0 Å². The fraction of sp³-hybridized carbons (Fsp3) is 0.0500. The first-order valence-electron chi connectivity index (χ1n) is 8.16. The number of nitrogens with zero attached hydrogens (tertiary/aromatic N) is 3. The molecule has 0 spiro atoms. The Kier molecular flexibility index (Phi) is 4.15. The van der Waals surface area contributed by atoms with Gasteiger partial charge in [-0.3, -0.25) is 0 Å². The molecule has 128 valence electrons. The molecule has 6 heteroatoms. The fourth-order valence-electron chi connectivity index (χ4n) is 2.94. The number of benzene rings is 3. The van der Waals surface area contributed by atoms with Crippen molar-refractivity contribution in [2.75, 3.05) is 17.8 Å². The van der Waals surface area contributed by atoms with Gasteiger partial charge in [0, 0.05) is 12.6 Å². The number of hydrazone groups is 1. The van der Waals surface area contributed by atoms with E-state index in [1.165, 1.54) is 0 Å². The van der Waals surface area contributed by atoms with E-state index in [-0.39, 0.29) is 11.8 Å². The maximum Gasteiger partial charge on any atom is 0.245 e. The van der Waals surface area contributed by atoms with Crippen LogP contribution in [-0.2, 0) is 0 Å². The predicted octanol–water partition coefficient (Wildman–Crippen LogP) is 4.41. The van der Waals surface area contributed by atoms with Crippen LogP contribution in [0.4, 0.5) is 16.2 Å². The van der Waals surface area contributed by atoms with Gasteiger partial charge in [-0.15, -0.1) is 0 Å². The maximum atomic E-state index is 13.5. The van der Waals surface area contributed by atoms with Gasteiger partial charge in [0.05, 0.1) is 12.4 Å². The number of halogens is 1. The molecule has 3 aromatic carbocycles. The van der Waals surface area contributed by atoms with Crippen molar-refractivity contribution < 1.29 is 4.39 Å². The highest BCUT2D eigenvalue weighted by atomic mass is 19.1. The van der Waals surface area contributed by atoms with Gasteiger partial charge in [-0.2, -0.15) is 10.1 Å². The van der Waals surface area contributed by atoms with E-state index in [4.69, 9.17) is 0 Å². The second kappa shape index (κ2) is 6.76. The van der Waals surface area contributed by atoms with Crippen molar-refractivity contribution in [3.05, 3.63) is 72.2 Å². The quantitative estimate of drug-likeness (QED) is 0.327. The van der Waals surface area contributed by atoms with Crippen molar-refractivity contribution in [3.8, 4) is 0 Å². The highest BCUT2D eigenvalue weighted by molar-refractivity contribution is 6.13. The first kappa shape index (κ1) is 16.0. The molecule has 0 aliphatic carbocycles. The summed E-state index contributed by atoms with van der Waals surface area (Å²) in [6.45, 7) is 0. The zero-order chi connectivity index (χ0) is 17.9. The number of nitrogens with one attached hydrogen (secondary N) is 2. The number of hydrogen-bond acceptors (Lipinski definition) is 5. The molecule has 5 nitrogen and oxygen atoms in total. The van der Waals surface area contributed by atoms with Crippen LogP contribution in [0.1, 0.15) is 5.56 Å². The number of fused-ring (bicyclic) bond motifs is 2. The highest BCUT2D eigenvalue weighted by Gasteiger charge is 2.06. The van der Waals surface area contributed by atoms with Crippen LogP contribution in [0.3, 0.4) is 0 Å². The Balaban J connectivity index is 1.75. The standard InChI is InChI=1S/C20H16FN5/c1-22-19-18(21)12-23-20(25-19)26-24-11-17-15-8-4-2-6-13(15)10-14-7-3-5-9-16(14)17/h2-12H,1H3,(H2,22,23,25,26). The first-order valence-corrected chi connectivity index (χ1v) is 8.16. The Morgan fingerprint density at radius 1 is 1.00 bits per heavy atom. The molecule has 26 heavy (non-hydrogen) atoms. The van der Waals surface area contributed by atoms with E-state index in [0.29, 0.717) is 0 Å². The molecule has 0 radical (unpaired) electrons. The summed E-state index contributed by atoms with van der Waals surface area (Å²) in [6.07, 6.45) is 2.85. The molecule has 0 saturated heterocycles. The zero-order valence-corrected chi connectivity index (χ0v) is 14.1. The predicted molar refractivity (Wildman–Crippen MR) is 104 cm³/mol. The molecule has 2 N–H and O–H groups in total. The number of hydrogen-bond donors (Lipinski definition) is 2. The minimum Gasteiger partial charge on any atom is -0.371 e. The van der Waals surface area contributed by atoms with Gasteiger partial charge in [0.15, 0.2) is 11.6 Å². The van der Waals surface area contributed by atoms with Gasteiger partial charge >= 0.3 is 0 Å². The lowest BCUT2D eigenvalue weighted by Crippen LogP contribution is -2.03. The zero-order valence-electron chi connectivity index (χ0n) is 14.1. The van der Waals surface area contributed by atoms with Gasteiger partial charge in [-0.25, -0.2) is 14.8 Å². The van der Waals surface area contributed by atoms with Gasteiger partial charge in [-0.1, -0.05) is 48.5 Å². The van der Waals surface area contributed by atoms with Gasteiger partial charge in [0.25, 0.3) is 0 Å². The molecule has 0 unspecified atom stereocenters. The average molecular weight is 345 g/mol. The molecule has 0 aliphatic rings. The lowest BCUT2D eigenvalue weighted by atomic mass is 9.97. The Hall–Kier alpha value is -3.54. The van der Waals surface area contributed by atoms with Crippen LogP contribution < -0.4 is 10.7 Å². The maximum absolute atomic E-state index is 13.5. The van der Waals surface area contributed by atoms with Crippen LogP contribution in [0.15, 0.2) is 65.9 Å². The minimum atomic E-state index is -0.512. The van der Waals surface area contributed by atoms with Gasteiger partial charge in [-0.05, 0) is 27.6 Å². The Morgan fingerprint density at radius 2 is 1.65 bits per heavy atom. The Morgan fingerprint density at radius 3 is 2.31 bits per heavy atom. The summed E-state index contributed by atoms with van der Waals surface area (Å²) < 4.78 is 13.5. The third kappa shape index (κ3) is 2.93. The molecule has 0 amide bonds. The second-order valence-electron chi connectivity index (χ2n) is 5.74. The van der Waals surface area contributed by atoms with Gasteiger partial charge < -0.3 is 5.32 Å². The highest BCUT2D eigenvalue weighted by Crippen LogP contribution is 2.27. The molecule has 0 saturated carbocycles. The summed E-state index contributed by atoms with van der Waals surface area (Å²) in [5.74, 6) is -0.174. The largest absolute Gasteiger partial charge is 0.371 e. The van der Waals surface area contributed by atoms with Crippen molar-refractivity contribution >= 4 is 39.5 Å². The van der Waals surface area contributed by atoms with Gasteiger partial charge in [0.1, 0.15) is 0 Å². The van der Waals surface area contributed by atoms with Crippen LogP contribution in [0.25, 0.3) is 21.5 Å². The van der Waals surface area contributed by atoms with Crippen LogP contribution >= 0.6 is 0 Å². The molecule has 0 aliphatic heterocycles. The molecular weight excluding hydrogens is 329 g/mol. The van der Waals surface area contributed by atoms with Crippen molar-refractivity contribution in [2.45, 2.75) is 0 Å². The number of aromatic nitrogens is 2. The third-order valence-electron chi connectivity index (χ3n) is 4.15. The SMILES string of the molecule is CNc1nc(NN=Cc2c3ccccc3cc3ccccc23)ncc1F. The molecule has 0 bridgehead atoms. The summed E-state index contributed by atoms with van der Waals surface area (Å²) in [5, 5.41) is 11.4. The monoisotopic (exact) mass is 345 g/mol. The Labute approximate surface area is 149 Å². The van der Waals surface area contributed by atoms with Crippen LogP contribution in [0.2, 0.25) is 0 Å². The van der Waals surface area contributed by atoms with E-state index < -0.39 is 5.82 Å². The summed E-state index contributed by atoms with van der Waals surface area (Å²) in [7, 11) is 1.60. The lowest BCUT2D eigenvalue weighted by Gasteiger charge is -2.08. The van der Waals surface area contributed by atoms with Crippen LogP contribution in [0.5, 0.6) is 0 Å². The van der Waals surface area contributed by atoms with Crippen LogP contribution in [0, 0.1) is 5.82 Å². The number of rotatable bonds is 4. The molecule has 4 rings (SSSR count). The van der Waals surface area contributed by atoms with E-state index in [9.17, 15) is 4.39 Å². The molecule has 0 fully saturated rings. The van der Waals surface area contributed by atoms with Gasteiger partial charge in [0.2, 0.25) is 5.95 Å². The summed E-state index contributed by atoms with van der Waals surface area (Å²) in [4.78, 5) is 7.92. The van der Waals surface area contributed by atoms with Crippen LogP contribution in [-0.4, -0.2) is 23.2 Å². The summed E-state index contributed by atoms with van der Waals surface area (Å²) >= 11 is 0. The summed E-state index contributed by atoms with van der Waals surface area (Å²) in [6, 6.07) is 18.5. The topological polar surface area (TPSA) is 62.2 Å².